The number of aromatic nitrogens is 1. The molecule has 2 fully saturated rings. The van der Waals surface area contributed by atoms with E-state index in [2.05, 4.69) is 5.32 Å². The fraction of sp³-hybridized carbons (Fsp3) is 0.542. The minimum atomic E-state index is -0.695. The molecule has 0 bridgehead atoms. The number of aryl methyl sites for hydroxylation is 1. The molecule has 1 aliphatic carbocycles. The van der Waals surface area contributed by atoms with Crippen LogP contribution in [0.5, 0.6) is 0 Å². The normalized spacial score (nSPS) is 16.5. The Bertz CT molecular complexity index is 1170. The highest BCUT2D eigenvalue weighted by molar-refractivity contribution is 5.96. The Morgan fingerprint density at radius 2 is 1.88 bits per heavy atom. The zero-order chi connectivity index (χ0) is 24.1. The average molecular weight is 460 g/mol. The number of halogens is 1. The highest BCUT2D eigenvalue weighted by Crippen LogP contribution is 2.40. The van der Waals surface area contributed by atoms with E-state index >= 15 is 4.39 Å². The number of nitrogens with zero attached hydrogens (tertiary/aromatic N) is 2. The lowest BCUT2D eigenvalue weighted by Crippen LogP contribution is -2.60. The highest BCUT2D eigenvalue weighted by Gasteiger charge is 2.35. The summed E-state index contributed by atoms with van der Waals surface area (Å²) in [6.07, 6.45) is 1.16. The minimum Gasteiger partial charge on any atom is -0.462 e. The Morgan fingerprint density at radius 3 is 2.45 bits per heavy atom. The molecular formula is C24H30FN3O5. The number of carbonyl (C=O) groups is 2. The lowest BCUT2D eigenvalue weighted by atomic mass is 10.0. The molecule has 0 unspecified atom stereocenters. The van der Waals surface area contributed by atoms with Crippen molar-refractivity contribution < 1.29 is 23.5 Å². The number of amides is 1. The maximum absolute atomic E-state index is 15.2. The Kier molecular flexibility index (Phi) is 5.84. The number of ether oxygens (including phenoxy) is 2. The van der Waals surface area contributed by atoms with Gasteiger partial charge in [0.25, 0.3) is 5.56 Å². The van der Waals surface area contributed by atoms with Crippen LogP contribution in [0.25, 0.3) is 10.9 Å². The molecule has 1 saturated carbocycles. The zero-order valence-electron chi connectivity index (χ0n) is 19.7. The molecule has 1 N–H and O–H groups in total. The predicted molar refractivity (Wildman–Crippen MR) is 123 cm³/mol. The fourth-order valence-corrected chi connectivity index (χ4v) is 4.31. The smallest absolute Gasteiger partial charge is 0.407 e. The molecule has 1 saturated heterocycles. The van der Waals surface area contributed by atoms with Crippen LogP contribution in [0.1, 0.15) is 62.5 Å². The van der Waals surface area contributed by atoms with Gasteiger partial charge in [-0.05, 0) is 65.2 Å². The van der Waals surface area contributed by atoms with Crippen LogP contribution in [-0.2, 0) is 9.47 Å². The van der Waals surface area contributed by atoms with Gasteiger partial charge in [0.1, 0.15) is 17.0 Å². The van der Waals surface area contributed by atoms with E-state index in [-0.39, 0.29) is 24.3 Å². The number of fused-ring (bicyclic) bond motifs is 1. The summed E-state index contributed by atoms with van der Waals surface area (Å²) in [6, 6.07) is 2.63. The van der Waals surface area contributed by atoms with Crippen molar-refractivity contribution in [1.29, 1.82) is 0 Å². The molecule has 1 aromatic heterocycles. The Morgan fingerprint density at radius 1 is 1.21 bits per heavy atom. The van der Waals surface area contributed by atoms with E-state index in [1.807, 2.05) is 4.90 Å². The van der Waals surface area contributed by atoms with Gasteiger partial charge in [-0.3, -0.25) is 4.79 Å². The molecule has 2 aliphatic rings. The zero-order valence-corrected chi connectivity index (χ0v) is 19.7. The van der Waals surface area contributed by atoms with Crippen LogP contribution >= 0.6 is 0 Å². The number of anilines is 1. The van der Waals surface area contributed by atoms with Gasteiger partial charge >= 0.3 is 12.1 Å². The summed E-state index contributed by atoms with van der Waals surface area (Å²) in [5.74, 6) is -1.13. The second-order valence-electron chi connectivity index (χ2n) is 9.70. The number of pyridine rings is 1. The molecule has 33 heavy (non-hydrogen) atoms. The van der Waals surface area contributed by atoms with E-state index in [1.165, 1.54) is 12.1 Å². The number of alkyl carbamates (subject to hydrolysis) is 1. The molecule has 1 aromatic carbocycles. The van der Waals surface area contributed by atoms with Crippen LogP contribution in [0.3, 0.4) is 0 Å². The molecule has 1 amide bonds. The van der Waals surface area contributed by atoms with Gasteiger partial charge in [-0.2, -0.15) is 0 Å². The summed E-state index contributed by atoms with van der Waals surface area (Å²) in [6.45, 7) is 9.85. The number of rotatable bonds is 5. The quantitative estimate of drug-likeness (QED) is 0.687. The fourth-order valence-electron chi connectivity index (χ4n) is 4.31. The number of nitrogens with one attached hydrogen (secondary N) is 1. The third kappa shape index (κ3) is 4.54. The molecule has 9 heteroatoms. The topological polar surface area (TPSA) is 89.9 Å². The summed E-state index contributed by atoms with van der Waals surface area (Å²) < 4.78 is 27.2. The molecule has 4 rings (SSSR count). The number of hydrogen-bond acceptors (Lipinski definition) is 6. The minimum absolute atomic E-state index is 0.00985. The first-order valence-corrected chi connectivity index (χ1v) is 11.3. The predicted octanol–water partition coefficient (Wildman–Crippen LogP) is 3.67. The molecular weight excluding hydrogens is 429 g/mol. The second kappa shape index (κ2) is 8.35. The van der Waals surface area contributed by atoms with Crippen LogP contribution in [0, 0.1) is 12.7 Å². The number of esters is 1. The maximum atomic E-state index is 15.2. The van der Waals surface area contributed by atoms with E-state index in [0.29, 0.717) is 35.2 Å². The van der Waals surface area contributed by atoms with E-state index in [0.717, 1.165) is 12.8 Å². The van der Waals surface area contributed by atoms with Crippen LogP contribution in [-0.4, -0.2) is 48.0 Å². The van der Waals surface area contributed by atoms with Crippen molar-refractivity contribution in [2.45, 2.75) is 65.1 Å². The van der Waals surface area contributed by atoms with Crippen molar-refractivity contribution in [1.82, 2.24) is 9.88 Å². The number of hydrogen-bond donors (Lipinski definition) is 1. The Labute approximate surface area is 191 Å². The van der Waals surface area contributed by atoms with Crippen molar-refractivity contribution in [3.63, 3.8) is 0 Å². The molecule has 178 valence electrons. The van der Waals surface area contributed by atoms with Crippen LogP contribution in [0.4, 0.5) is 14.9 Å². The van der Waals surface area contributed by atoms with Crippen molar-refractivity contribution in [2.75, 3.05) is 24.6 Å². The summed E-state index contributed by atoms with van der Waals surface area (Å²) in [4.78, 5) is 39.3. The van der Waals surface area contributed by atoms with E-state index in [9.17, 15) is 14.4 Å². The van der Waals surface area contributed by atoms with Crippen molar-refractivity contribution in [3.05, 3.63) is 39.4 Å². The van der Waals surface area contributed by atoms with Crippen molar-refractivity contribution in [2.24, 2.45) is 0 Å². The third-order valence-electron chi connectivity index (χ3n) is 5.81. The van der Waals surface area contributed by atoms with Crippen molar-refractivity contribution in [3.8, 4) is 0 Å². The molecule has 2 aromatic rings. The lowest BCUT2D eigenvalue weighted by Gasteiger charge is -2.42. The maximum Gasteiger partial charge on any atom is 0.407 e. The lowest BCUT2D eigenvalue weighted by molar-refractivity contribution is 0.0492. The van der Waals surface area contributed by atoms with E-state index in [1.54, 1.807) is 39.2 Å². The molecule has 1 aliphatic heterocycles. The first-order chi connectivity index (χ1) is 15.5. The molecule has 0 radical (unpaired) electrons. The van der Waals surface area contributed by atoms with Crippen molar-refractivity contribution >= 4 is 28.7 Å². The third-order valence-corrected chi connectivity index (χ3v) is 5.81. The summed E-state index contributed by atoms with van der Waals surface area (Å²) >= 11 is 0. The average Bonchev–Trinajstić information content (AvgIpc) is 3.49. The van der Waals surface area contributed by atoms with Crippen LogP contribution < -0.4 is 15.8 Å². The van der Waals surface area contributed by atoms with Gasteiger partial charge in [0, 0.05) is 24.5 Å². The summed E-state index contributed by atoms with van der Waals surface area (Å²) in [7, 11) is 0. The van der Waals surface area contributed by atoms with Crippen LogP contribution in [0.15, 0.2) is 16.9 Å². The largest absolute Gasteiger partial charge is 0.462 e. The van der Waals surface area contributed by atoms with Gasteiger partial charge in [0.2, 0.25) is 0 Å². The second-order valence-corrected chi connectivity index (χ2v) is 9.70. The van der Waals surface area contributed by atoms with E-state index in [4.69, 9.17) is 9.47 Å². The van der Waals surface area contributed by atoms with Crippen LogP contribution in [0.2, 0.25) is 0 Å². The van der Waals surface area contributed by atoms with Gasteiger partial charge < -0.3 is 24.3 Å². The first-order valence-electron chi connectivity index (χ1n) is 11.3. The number of carbonyl (C=O) groups excluding carboxylic acids is 2. The summed E-state index contributed by atoms with van der Waals surface area (Å²) in [5, 5.41) is 3.29. The molecule has 8 nitrogen and oxygen atoms in total. The summed E-state index contributed by atoms with van der Waals surface area (Å²) in [5.41, 5.74) is 0.604. The molecule has 0 spiro atoms. The number of benzene rings is 1. The monoisotopic (exact) mass is 459 g/mol. The standard InChI is InChI=1S/C24H30FN3O5/c1-6-32-22(30)17-9-14-10-18(25)20(13(2)19(14)28(21(17)29)16-7-8-16)27-11-15(12-27)26-23(31)33-24(3,4)5/h9-10,15-16H,6-8,11-12H2,1-5H3,(H,26,31). The van der Waals surface area contributed by atoms with Gasteiger partial charge in [-0.15, -0.1) is 0 Å². The highest BCUT2D eigenvalue weighted by atomic mass is 19.1. The van der Waals surface area contributed by atoms with Gasteiger partial charge in [-0.25, -0.2) is 14.0 Å². The van der Waals surface area contributed by atoms with Gasteiger partial charge in [-0.1, -0.05) is 0 Å². The molecule has 2 heterocycles. The Hall–Kier alpha value is -3.10. The van der Waals surface area contributed by atoms with E-state index < -0.39 is 29.0 Å². The van der Waals surface area contributed by atoms with Gasteiger partial charge in [0.15, 0.2) is 0 Å². The SMILES string of the molecule is CCOC(=O)c1cc2cc(F)c(N3CC(NC(=O)OC(C)(C)C)C3)c(C)c2n(C2CC2)c1=O. The Balaban J connectivity index is 1.66. The molecule has 0 atom stereocenters. The van der Waals surface area contributed by atoms with Gasteiger partial charge in [0.05, 0.1) is 23.9 Å². The first kappa shape index (κ1) is 23.1.